The van der Waals surface area contributed by atoms with E-state index >= 15 is 0 Å². The molecule has 0 rings (SSSR count). The Morgan fingerprint density at radius 1 is 0.467 bits per heavy atom. The Labute approximate surface area is 102 Å². The molecule has 0 aromatic carbocycles. The molecule has 0 amide bonds. The maximum absolute atomic E-state index is 2.21. The number of rotatable bonds is 2. The summed E-state index contributed by atoms with van der Waals surface area (Å²) in [6.07, 6.45) is 6.58. The van der Waals surface area contributed by atoms with Crippen molar-refractivity contribution < 1.29 is 0 Å². The van der Waals surface area contributed by atoms with Crippen molar-refractivity contribution in [1.82, 2.24) is 0 Å². The lowest BCUT2D eigenvalue weighted by Gasteiger charge is -1.79. The van der Waals surface area contributed by atoms with E-state index in [1.807, 2.05) is 27.7 Å². The van der Waals surface area contributed by atoms with Crippen molar-refractivity contribution in [3.05, 3.63) is 0 Å². The zero-order valence-corrected chi connectivity index (χ0v) is 13.5. The van der Waals surface area contributed by atoms with Crippen LogP contribution in [0.5, 0.6) is 0 Å². The van der Waals surface area contributed by atoms with E-state index in [2.05, 4.69) is 41.5 Å². The van der Waals surface area contributed by atoms with Crippen molar-refractivity contribution in [2.75, 3.05) is 0 Å². The van der Waals surface area contributed by atoms with Gasteiger partial charge in [0.2, 0.25) is 0 Å². The van der Waals surface area contributed by atoms with Gasteiger partial charge in [0.05, 0.1) is 0 Å². The van der Waals surface area contributed by atoms with E-state index in [9.17, 15) is 0 Å². The molecule has 0 saturated heterocycles. The van der Waals surface area contributed by atoms with E-state index in [1.54, 1.807) is 0 Å². The number of hydrogen-bond donors (Lipinski definition) is 0. The van der Waals surface area contributed by atoms with Crippen molar-refractivity contribution in [2.45, 2.75) is 101 Å². The van der Waals surface area contributed by atoms with Crippen LogP contribution in [0.25, 0.3) is 0 Å². The van der Waals surface area contributed by atoms with Crippen LogP contribution in [0.2, 0.25) is 0 Å². The largest absolute Gasteiger partial charge is 0.0683 e. The standard InChI is InChI=1S/C5H12.2C3H8.2C2H6/c1-3-5-4-2;2*1-3-2;2*1-2/h3-5H2,1-2H3;2*3H2,1-2H3;2*1-2H3. The fraction of sp³-hybridized carbons (Fsp3) is 1.00. The van der Waals surface area contributed by atoms with Crippen LogP contribution in [-0.4, -0.2) is 0 Å². The lowest BCUT2D eigenvalue weighted by molar-refractivity contribution is 0.772. The molecule has 0 saturated carbocycles. The van der Waals surface area contributed by atoms with E-state index in [0.29, 0.717) is 0 Å². The smallest absolute Gasteiger partial charge is 0.0538 e. The highest BCUT2D eigenvalue weighted by atomic mass is 13.7. The van der Waals surface area contributed by atoms with E-state index in [1.165, 1.54) is 32.1 Å². The molecule has 0 aromatic rings. The molecule has 0 heteroatoms. The molecule has 0 atom stereocenters. The molecule has 0 nitrogen and oxygen atoms in total. The monoisotopic (exact) mass is 220 g/mol. The van der Waals surface area contributed by atoms with Crippen molar-refractivity contribution in [2.24, 2.45) is 0 Å². The third-order valence-corrected chi connectivity index (χ3v) is 0.707. The minimum absolute atomic E-state index is 1.25. The predicted octanol–water partition coefficient (Wildman–Crippen LogP) is 7.08. The summed E-state index contributed by atoms with van der Waals surface area (Å²) in [6, 6.07) is 0. The molecule has 0 unspecified atom stereocenters. The van der Waals surface area contributed by atoms with Crippen molar-refractivity contribution in [1.29, 1.82) is 0 Å². The van der Waals surface area contributed by atoms with E-state index < -0.39 is 0 Å². The lowest BCUT2D eigenvalue weighted by atomic mass is 10.3. The summed E-state index contributed by atoms with van der Waals surface area (Å²) in [5, 5.41) is 0. The van der Waals surface area contributed by atoms with E-state index in [0.717, 1.165) is 0 Å². The summed E-state index contributed by atoms with van der Waals surface area (Å²) in [5.74, 6) is 0. The SMILES string of the molecule is CC.CC.CCC.CCC.CCCCC. The Morgan fingerprint density at radius 2 is 0.600 bits per heavy atom. The second-order valence-electron chi connectivity index (χ2n) is 2.77. The summed E-state index contributed by atoms with van der Waals surface area (Å²) in [7, 11) is 0. The highest BCUT2D eigenvalue weighted by Crippen LogP contribution is 1.88. The van der Waals surface area contributed by atoms with Gasteiger partial charge >= 0.3 is 0 Å². The molecular formula is C15H40. The normalized spacial score (nSPS) is 6.00. The second-order valence-corrected chi connectivity index (χ2v) is 2.77. The van der Waals surface area contributed by atoms with Gasteiger partial charge in [0.25, 0.3) is 0 Å². The summed E-state index contributed by atoms with van der Waals surface area (Å²) in [5.41, 5.74) is 0. The van der Waals surface area contributed by atoms with Crippen LogP contribution in [0.3, 0.4) is 0 Å². The van der Waals surface area contributed by atoms with Crippen LogP contribution in [0.1, 0.15) is 101 Å². The molecule has 0 aliphatic carbocycles. The molecule has 0 heterocycles. The maximum atomic E-state index is 2.21. The van der Waals surface area contributed by atoms with Gasteiger partial charge < -0.3 is 0 Å². The molecule has 0 aliphatic rings. The Balaban J connectivity index is -0.0000000296. The van der Waals surface area contributed by atoms with Gasteiger partial charge in [0, 0.05) is 0 Å². The van der Waals surface area contributed by atoms with Gasteiger partial charge in [0.15, 0.2) is 0 Å². The van der Waals surface area contributed by atoms with E-state index in [-0.39, 0.29) is 0 Å². The zero-order chi connectivity index (χ0) is 13.5. The first-order valence-corrected chi connectivity index (χ1v) is 7.24. The molecule has 0 bridgehead atoms. The third-order valence-electron chi connectivity index (χ3n) is 0.707. The van der Waals surface area contributed by atoms with Crippen LogP contribution in [0.4, 0.5) is 0 Å². The topological polar surface area (TPSA) is 0 Å². The van der Waals surface area contributed by atoms with Gasteiger partial charge in [-0.05, 0) is 0 Å². The second kappa shape index (κ2) is 94.6. The van der Waals surface area contributed by atoms with Gasteiger partial charge in [-0.1, -0.05) is 101 Å². The quantitative estimate of drug-likeness (QED) is 0.466. The Hall–Kier alpha value is 0. The Kier molecular flexibility index (Phi) is 185. The molecule has 0 N–H and O–H groups in total. The molecule has 0 fully saturated rings. The molecule has 0 radical (unpaired) electrons. The molecule has 0 spiro atoms. The zero-order valence-electron chi connectivity index (χ0n) is 13.5. The first kappa shape index (κ1) is 29.4. The Bertz CT molecular complexity index is 19.2. The minimum Gasteiger partial charge on any atom is -0.0683 e. The van der Waals surface area contributed by atoms with Gasteiger partial charge in [0.1, 0.15) is 0 Å². The molecule has 0 aromatic heterocycles. The highest BCUT2D eigenvalue weighted by molar-refractivity contribution is 4.24. The first-order valence-electron chi connectivity index (χ1n) is 7.24. The average Bonchev–Trinajstić information content (AvgIpc) is 2.27. The van der Waals surface area contributed by atoms with Gasteiger partial charge in [-0.3, -0.25) is 0 Å². The number of unbranched alkanes of at least 4 members (excludes halogenated alkanes) is 2. The fourth-order valence-electron chi connectivity index (χ4n) is 0.354. The lowest BCUT2D eigenvalue weighted by Crippen LogP contribution is -1.59. The van der Waals surface area contributed by atoms with Crippen molar-refractivity contribution in [3.8, 4) is 0 Å². The molecule has 15 heavy (non-hydrogen) atoms. The minimum atomic E-state index is 1.25. The van der Waals surface area contributed by atoms with Gasteiger partial charge in [-0.25, -0.2) is 0 Å². The van der Waals surface area contributed by atoms with Crippen LogP contribution in [0, 0.1) is 0 Å². The van der Waals surface area contributed by atoms with Crippen molar-refractivity contribution in [3.63, 3.8) is 0 Å². The van der Waals surface area contributed by atoms with Crippen LogP contribution in [-0.2, 0) is 0 Å². The highest BCUT2D eigenvalue weighted by Gasteiger charge is 1.68. The third kappa shape index (κ3) is 504. The Morgan fingerprint density at radius 3 is 0.600 bits per heavy atom. The fourth-order valence-corrected chi connectivity index (χ4v) is 0.354. The molecular weight excluding hydrogens is 180 g/mol. The van der Waals surface area contributed by atoms with Gasteiger partial charge in [-0.2, -0.15) is 0 Å². The summed E-state index contributed by atoms with van der Waals surface area (Å²) < 4.78 is 0. The summed E-state index contributed by atoms with van der Waals surface area (Å²) in [6.45, 7) is 20.9. The predicted molar refractivity (Wildman–Crippen MR) is 79.8 cm³/mol. The number of hydrogen-bond acceptors (Lipinski definition) is 0. The first-order chi connectivity index (χ1) is 7.24. The summed E-state index contributed by atoms with van der Waals surface area (Å²) >= 11 is 0. The van der Waals surface area contributed by atoms with Crippen molar-refractivity contribution >= 4 is 0 Å². The average molecular weight is 220 g/mol. The molecule has 100 valence electrons. The molecule has 0 aliphatic heterocycles. The van der Waals surface area contributed by atoms with Gasteiger partial charge in [-0.15, -0.1) is 0 Å². The van der Waals surface area contributed by atoms with E-state index in [4.69, 9.17) is 0 Å². The van der Waals surface area contributed by atoms with Crippen LogP contribution in [0.15, 0.2) is 0 Å². The van der Waals surface area contributed by atoms with Crippen LogP contribution >= 0.6 is 0 Å². The van der Waals surface area contributed by atoms with Crippen LogP contribution < -0.4 is 0 Å². The summed E-state index contributed by atoms with van der Waals surface area (Å²) in [4.78, 5) is 0. The maximum Gasteiger partial charge on any atom is -0.0538 e.